The molecule has 3 fully saturated rings. The average molecular weight is 554 g/mol. The van der Waals surface area contributed by atoms with Crippen molar-refractivity contribution in [3.63, 3.8) is 0 Å². The fourth-order valence-electron chi connectivity index (χ4n) is 6.74. The molecule has 2 atom stereocenters. The first-order valence-electron chi connectivity index (χ1n) is 14.5. The van der Waals surface area contributed by atoms with Gasteiger partial charge in [0.2, 0.25) is 5.88 Å². The number of ketones is 1. The summed E-state index contributed by atoms with van der Waals surface area (Å²) in [5.74, 6) is 0.234. The molecule has 1 spiro atoms. The van der Waals surface area contributed by atoms with Crippen LogP contribution in [0.2, 0.25) is 0 Å². The molecule has 1 aliphatic heterocycles. The molecule has 41 heavy (non-hydrogen) atoms. The maximum absolute atomic E-state index is 13.8. The van der Waals surface area contributed by atoms with Crippen LogP contribution in [-0.2, 0) is 4.79 Å². The molecule has 2 unspecified atom stereocenters. The van der Waals surface area contributed by atoms with E-state index in [1.54, 1.807) is 12.3 Å². The highest BCUT2D eigenvalue weighted by Gasteiger charge is 2.50. The van der Waals surface area contributed by atoms with Crippen LogP contribution in [0.3, 0.4) is 0 Å². The Bertz CT molecular complexity index is 1550. The van der Waals surface area contributed by atoms with Gasteiger partial charge in [0.15, 0.2) is 5.82 Å². The van der Waals surface area contributed by atoms with E-state index in [1.165, 1.54) is 12.1 Å². The van der Waals surface area contributed by atoms with Gasteiger partial charge < -0.3 is 10.1 Å². The van der Waals surface area contributed by atoms with Crippen LogP contribution in [0.5, 0.6) is 5.88 Å². The number of Topliss-reactive ketones (excluding diaryl/α,β-unsaturated/α-hetero) is 1. The maximum atomic E-state index is 13.8. The Kier molecular flexibility index (Phi) is 6.52. The second kappa shape index (κ2) is 10.4. The van der Waals surface area contributed by atoms with E-state index in [1.807, 2.05) is 30.4 Å². The van der Waals surface area contributed by atoms with Gasteiger partial charge in [-0.1, -0.05) is 37.1 Å². The Labute approximate surface area is 237 Å². The number of aromatic amines is 1. The number of halogens is 1. The monoisotopic (exact) mass is 553 g/mol. The van der Waals surface area contributed by atoms with Crippen LogP contribution >= 0.6 is 0 Å². The number of nitrogens with one attached hydrogen (secondary N) is 2. The fraction of sp³-hybridized carbons (Fsp3) is 0.406. The largest absolute Gasteiger partial charge is 0.414 e. The van der Waals surface area contributed by atoms with Gasteiger partial charge in [-0.3, -0.25) is 14.9 Å². The van der Waals surface area contributed by atoms with Crippen LogP contribution in [0.25, 0.3) is 17.2 Å². The number of hydrogen-bond acceptors (Lipinski definition) is 6. The number of carbonyl (C=O) groups is 2. The third kappa shape index (κ3) is 5.21. The number of rotatable bonds is 6. The van der Waals surface area contributed by atoms with Crippen LogP contribution in [0.4, 0.5) is 15.0 Å². The minimum absolute atomic E-state index is 0.00846. The highest BCUT2D eigenvalue weighted by atomic mass is 19.1. The summed E-state index contributed by atoms with van der Waals surface area (Å²) in [6.07, 6.45) is 13.0. The molecule has 7 rings (SSSR count). The van der Waals surface area contributed by atoms with Gasteiger partial charge in [0, 0.05) is 36.4 Å². The van der Waals surface area contributed by atoms with Crippen LogP contribution in [-0.4, -0.2) is 39.3 Å². The number of carbonyl (C=O) groups excluding carboxylic acids is 2. The zero-order valence-corrected chi connectivity index (χ0v) is 22.7. The molecule has 210 valence electrons. The summed E-state index contributed by atoms with van der Waals surface area (Å²) in [6.45, 7) is 0.581. The van der Waals surface area contributed by atoms with E-state index in [0.717, 1.165) is 61.8 Å². The first-order chi connectivity index (χ1) is 20.0. The molecule has 2 aromatic heterocycles. The first kappa shape index (κ1) is 25.8. The molecule has 3 saturated carbocycles. The van der Waals surface area contributed by atoms with Crippen molar-refractivity contribution < 1.29 is 18.7 Å². The van der Waals surface area contributed by atoms with Gasteiger partial charge in [-0.25, -0.2) is 14.2 Å². The molecule has 3 aliphatic carbocycles. The van der Waals surface area contributed by atoms with Crippen LogP contribution < -0.4 is 10.1 Å². The number of amides is 1. The molecule has 3 heterocycles. The van der Waals surface area contributed by atoms with E-state index < -0.39 is 17.9 Å². The van der Waals surface area contributed by atoms with Crippen molar-refractivity contribution in [2.75, 3.05) is 6.54 Å². The van der Waals surface area contributed by atoms with E-state index in [4.69, 9.17) is 9.73 Å². The molecule has 4 aliphatic rings. The quantitative estimate of drug-likeness (QED) is 0.361. The number of aliphatic imine (C=N–C) groups is 1. The Morgan fingerprint density at radius 3 is 2.76 bits per heavy atom. The minimum Gasteiger partial charge on any atom is -0.389 e. The third-order valence-electron chi connectivity index (χ3n) is 9.01. The van der Waals surface area contributed by atoms with Gasteiger partial charge in [-0.2, -0.15) is 0 Å². The van der Waals surface area contributed by atoms with E-state index in [-0.39, 0.29) is 22.9 Å². The Morgan fingerprint density at radius 1 is 1.15 bits per heavy atom. The summed E-state index contributed by atoms with van der Waals surface area (Å²) in [7, 11) is 0. The van der Waals surface area contributed by atoms with Gasteiger partial charge in [0.1, 0.15) is 11.6 Å². The maximum Gasteiger partial charge on any atom is 0.414 e. The normalized spacial score (nSPS) is 22.9. The molecule has 0 bridgehead atoms. The summed E-state index contributed by atoms with van der Waals surface area (Å²) in [6, 6.07) is 10.2. The van der Waals surface area contributed by atoms with Crippen LogP contribution in [0.1, 0.15) is 68.5 Å². The van der Waals surface area contributed by atoms with Crippen molar-refractivity contribution in [3.8, 4) is 17.0 Å². The Morgan fingerprint density at radius 2 is 2.00 bits per heavy atom. The number of H-pyrrole nitrogens is 1. The molecular weight excluding hydrogens is 521 g/mol. The zero-order chi connectivity index (χ0) is 28.0. The molecule has 1 amide bonds. The van der Waals surface area contributed by atoms with Gasteiger partial charge in [0.05, 0.1) is 17.2 Å². The van der Waals surface area contributed by atoms with E-state index in [9.17, 15) is 14.0 Å². The van der Waals surface area contributed by atoms with Gasteiger partial charge in [0.25, 0.3) is 0 Å². The molecule has 0 saturated heterocycles. The van der Waals surface area contributed by atoms with Gasteiger partial charge in [-0.15, -0.1) is 5.10 Å². The van der Waals surface area contributed by atoms with Crippen molar-refractivity contribution in [1.29, 1.82) is 0 Å². The van der Waals surface area contributed by atoms with E-state index in [2.05, 4.69) is 20.5 Å². The van der Waals surface area contributed by atoms with Gasteiger partial charge in [-0.05, 0) is 73.3 Å². The lowest BCUT2D eigenvalue weighted by atomic mass is 9.63. The predicted molar refractivity (Wildman–Crippen MR) is 152 cm³/mol. The van der Waals surface area contributed by atoms with Crippen molar-refractivity contribution in [1.82, 2.24) is 20.5 Å². The van der Waals surface area contributed by atoms with Crippen LogP contribution in [0.15, 0.2) is 53.7 Å². The number of pyridine rings is 1. The standard InChI is InChI=1S/C32H32FN5O3/c33-22-5-3-4-20(14-22)21-8-9-23(34-18-21)10-11-24-27-25(15-32(16-26(27)39)12-1-2-13-32)36-29-28(24)30(38-37-29)41-31(40)35-17-19-6-7-19/h3-5,8-11,14,18-19,24,27H,1-2,6-7,12-13,15-17H2,(H,35,40)(H,37,38). The molecule has 8 nitrogen and oxygen atoms in total. The molecule has 0 radical (unpaired) electrons. The number of ether oxygens (including phenoxy) is 1. The van der Waals surface area contributed by atoms with E-state index in [0.29, 0.717) is 36.0 Å². The van der Waals surface area contributed by atoms with Crippen molar-refractivity contribution in [3.05, 3.63) is 65.7 Å². The molecular formula is C32H32FN5O3. The summed E-state index contributed by atoms with van der Waals surface area (Å²) in [5, 5.41) is 10.1. The summed E-state index contributed by atoms with van der Waals surface area (Å²) in [4.78, 5) is 35.8. The van der Waals surface area contributed by atoms with Crippen LogP contribution in [0, 0.1) is 23.1 Å². The molecule has 1 aromatic carbocycles. The second-order valence-corrected chi connectivity index (χ2v) is 12.0. The summed E-state index contributed by atoms with van der Waals surface area (Å²) < 4.78 is 19.3. The molecule has 3 aromatic rings. The number of nitrogens with zero attached hydrogens (tertiary/aromatic N) is 3. The predicted octanol–water partition coefficient (Wildman–Crippen LogP) is 6.53. The Balaban J connectivity index is 1.20. The lowest BCUT2D eigenvalue weighted by Crippen LogP contribution is -2.43. The highest BCUT2D eigenvalue weighted by Crippen LogP contribution is 2.54. The minimum atomic E-state index is -0.557. The molecule has 2 N–H and O–H groups in total. The highest BCUT2D eigenvalue weighted by molar-refractivity contribution is 6.11. The van der Waals surface area contributed by atoms with Crippen molar-refractivity contribution in [2.45, 2.75) is 57.3 Å². The lowest BCUT2D eigenvalue weighted by molar-refractivity contribution is -0.124. The fourth-order valence-corrected chi connectivity index (χ4v) is 6.74. The number of hydrogen-bond donors (Lipinski definition) is 2. The van der Waals surface area contributed by atoms with Crippen molar-refractivity contribution in [2.24, 2.45) is 22.2 Å². The number of aromatic nitrogens is 3. The van der Waals surface area contributed by atoms with Crippen molar-refractivity contribution >= 4 is 29.5 Å². The zero-order valence-electron chi connectivity index (χ0n) is 22.7. The number of fused-ring (bicyclic) bond motifs is 2. The number of allylic oxidation sites excluding steroid dienone is 1. The second-order valence-electron chi connectivity index (χ2n) is 12.0. The lowest BCUT2D eigenvalue weighted by Gasteiger charge is -2.41. The summed E-state index contributed by atoms with van der Waals surface area (Å²) >= 11 is 0. The number of benzene rings is 1. The smallest absolute Gasteiger partial charge is 0.389 e. The summed E-state index contributed by atoms with van der Waals surface area (Å²) in [5.41, 5.74) is 3.76. The molecule has 9 heteroatoms. The third-order valence-corrected chi connectivity index (χ3v) is 9.01. The Hall–Kier alpha value is -4.14. The van der Waals surface area contributed by atoms with Gasteiger partial charge >= 0.3 is 6.09 Å². The van der Waals surface area contributed by atoms with E-state index >= 15 is 0 Å². The first-order valence-corrected chi connectivity index (χ1v) is 14.5. The average Bonchev–Trinajstić information content (AvgIpc) is 3.57. The topological polar surface area (TPSA) is 109 Å². The SMILES string of the molecule is O=C(NCC1CC1)Oc1n[nH]c2c1C(C=Cc1ccc(-c3cccc(F)c3)cn1)C1C(=O)CC3(CCCC3)CC1=N2.